The Bertz CT molecular complexity index is 633. The van der Waals surface area contributed by atoms with Gasteiger partial charge in [-0.1, -0.05) is 23.8 Å². The summed E-state index contributed by atoms with van der Waals surface area (Å²) >= 11 is 5.87. The van der Waals surface area contributed by atoms with Gasteiger partial charge in [0.2, 0.25) is 0 Å². The lowest BCUT2D eigenvalue weighted by atomic mass is 10.2. The van der Waals surface area contributed by atoms with Crippen molar-refractivity contribution in [1.82, 2.24) is 9.47 Å². The van der Waals surface area contributed by atoms with Crippen molar-refractivity contribution in [1.29, 1.82) is 0 Å². The SMILES string of the molecule is Fc1ccc(-n2cccc2CN2CC=CCC2)cc1Cl. The minimum absolute atomic E-state index is 0.156. The topological polar surface area (TPSA) is 8.17 Å². The summed E-state index contributed by atoms with van der Waals surface area (Å²) in [7, 11) is 0. The van der Waals surface area contributed by atoms with Crippen LogP contribution in [0, 0.1) is 5.82 Å². The predicted octanol–water partition coefficient (Wildman–Crippen LogP) is 4.03. The van der Waals surface area contributed by atoms with Crippen LogP contribution in [0.4, 0.5) is 4.39 Å². The molecule has 2 nitrogen and oxygen atoms in total. The highest BCUT2D eigenvalue weighted by atomic mass is 35.5. The van der Waals surface area contributed by atoms with Crippen LogP contribution in [0.5, 0.6) is 0 Å². The third-order valence-electron chi connectivity index (χ3n) is 3.54. The average Bonchev–Trinajstić information content (AvgIpc) is 2.91. The van der Waals surface area contributed by atoms with E-state index in [0.29, 0.717) is 0 Å². The van der Waals surface area contributed by atoms with Crippen LogP contribution < -0.4 is 0 Å². The molecule has 20 heavy (non-hydrogen) atoms. The maximum absolute atomic E-state index is 13.3. The Kier molecular flexibility index (Phi) is 3.90. The van der Waals surface area contributed by atoms with E-state index in [1.807, 2.05) is 12.3 Å². The first kappa shape index (κ1) is 13.4. The monoisotopic (exact) mass is 290 g/mol. The van der Waals surface area contributed by atoms with Crippen molar-refractivity contribution < 1.29 is 4.39 Å². The molecule has 1 aliphatic heterocycles. The molecule has 0 bridgehead atoms. The van der Waals surface area contributed by atoms with E-state index in [0.717, 1.165) is 31.7 Å². The number of hydrogen-bond donors (Lipinski definition) is 0. The fraction of sp³-hybridized carbons (Fsp3) is 0.250. The van der Waals surface area contributed by atoms with Crippen molar-refractivity contribution >= 4 is 11.6 Å². The Morgan fingerprint density at radius 1 is 1.20 bits per heavy atom. The Labute approximate surface area is 123 Å². The maximum Gasteiger partial charge on any atom is 0.141 e. The molecule has 0 radical (unpaired) electrons. The lowest BCUT2D eigenvalue weighted by Gasteiger charge is -2.23. The van der Waals surface area contributed by atoms with E-state index in [1.165, 1.54) is 11.8 Å². The van der Waals surface area contributed by atoms with Crippen molar-refractivity contribution in [3.05, 3.63) is 65.2 Å². The van der Waals surface area contributed by atoms with Crippen molar-refractivity contribution in [2.24, 2.45) is 0 Å². The van der Waals surface area contributed by atoms with Crippen LogP contribution in [0.3, 0.4) is 0 Å². The molecule has 1 aromatic carbocycles. The third kappa shape index (κ3) is 2.79. The van der Waals surface area contributed by atoms with Crippen molar-refractivity contribution in [3.8, 4) is 5.69 Å². The molecule has 1 aliphatic rings. The van der Waals surface area contributed by atoms with E-state index in [9.17, 15) is 4.39 Å². The zero-order valence-corrected chi connectivity index (χ0v) is 11.9. The van der Waals surface area contributed by atoms with Gasteiger partial charge in [0, 0.05) is 37.2 Å². The molecule has 0 amide bonds. The second-order valence-electron chi connectivity index (χ2n) is 4.96. The van der Waals surface area contributed by atoms with Gasteiger partial charge in [0.25, 0.3) is 0 Å². The van der Waals surface area contributed by atoms with Crippen LogP contribution in [0.25, 0.3) is 5.69 Å². The molecule has 4 heteroatoms. The molecule has 0 saturated carbocycles. The third-order valence-corrected chi connectivity index (χ3v) is 3.83. The minimum atomic E-state index is -0.384. The molecule has 2 heterocycles. The molecule has 0 N–H and O–H groups in total. The number of nitrogens with zero attached hydrogens (tertiary/aromatic N) is 2. The quantitative estimate of drug-likeness (QED) is 0.775. The summed E-state index contributed by atoms with van der Waals surface area (Å²) in [6, 6.07) is 8.92. The van der Waals surface area contributed by atoms with Gasteiger partial charge < -0.3 is 4.57 Å². The van der Waals surface area contributed by atoms with E-state index >= 15 is 0 Å². The first-order valence-electron chi connectivity index (χ1n) is 6.73. The van der Waals surface area contributed by atoms with Crippen LogP contribution in [0.2, 0.25) is 5.02 Å². The molecule has 104 valence electrons. The van der Waals surface area contributed by atoms with Crippen molar-refractivity contribution in [2.45, 2.75) is 13.0 Å². The van der Waals surface area contributed by atoms with E-state index in [-0.39, 0.29) is 10.8 Å². The Morgan fingerprint density at radius 2 is 2.10 bits per heavy atom. The molecule has 0 fully saturated rings. The van der Waals surface area contributed by atoms with Gasteiger partial charge in [-0.3, -0.25) is 4.90 Å². The molecular weight excluding hydrogens is 275 g/mol. The zero-order valence-electron chi connectivity index (χ0n) is 11.1. The van der Waals surface area contributed by atoms with Crippen molar-refractivity contribution in [2.75, 3.05) is 13.1 Å². The number of benzene rings is 1. The molecular formula is C16H16ClFN2. The highest BCUT2D eigenvalue weighted by Crippen LogP contribution is 2.21. The van der Waals surface area contributed by atoms with E-state index in [1.54, 1.807) is 12.1 Å². The summed E-state index contributed by atoms with van der Waals surface area (Å²) < 4.78 is 15.3. The maximum atomic E-state index is 13.3. The summed E-state index contributed by atoms with van der Waals surface area (Å²) in [6.07, 6.45) is 7.50. The Hall–Kier alpha value is -1.58. The first-order valence-corrected chi connectivity index (χ1v) is 7.11. The summed E-state index contributed by atoms with van der Waals surface area (Å²) in [5, 5.41) is 0.156. The molecule has 3 rings (SSSR count). The summed E-state index contributed by atoms with van der Waals surface area (Å²) in [6.45, 7) is 2.94. The van der Waals surface area contributed by atoms with Gasteiger partial charge in [0.1, 0.15) is 5.82 Å². The second-order valence-corrected chi connectivity index (χ2v) is 5.37. The molecule has 0 aliphatic carbocycles. The van der Waals surface area contributed by atoms with E-state index in [2.05, 4.69) is 27.7 Å². The summed E-state index contributed by atoms with van der Waals surface area (Å²) in [5.41, 5.74) is 2.08. The van der Waals surface area contributed by atoms with Gasteiger partial charge in [-0.2, -0.15) is 0 Å². The van der Waals surface area contributed by atoms with Gasteiger partial charge in [0.15, 0.2) is 0 Å². The normalized spacial score (nSPS) is 15.7. The number of aromatic nitrogens is 1. The van der Waals surface area contributed by atoms with Crippen LogP contribution >= 0.6 is 11.6 Å². The number of rotatable bonds is 3. The van der Waals surface area contributed by atoms with Gasteiger partial charge in [0.05, 0.1) is 5.02 Å². The molecule has 0 saturated heterocycles. The predicted molar refractivity (Wildman–Crippen MR) is 79.8 cm³/mol. The fourth-order valence-corrected chi connectivity index (χ4v) is 2.67. The van der Waals surface area contributed by atoms with E-state index < -0.39 is 0 Å². The molecule has 0 spiro atoms. The minimum Gasteiger partial charge on any atom is -0.320 e. The Morgan fingerprint density at radius 3 is 2.85 bits per heavy atom. The van der Waals surface area contributed by atoms with Crippen LogP contribution in [0.15, 0.2) is 48.7 Å². The average molecular weight is 291 g/mol. The zero-order chi connectivity index (χ0) is 13.9. The van der Waals surface area contributed by atoms with Gasteiger partial charge in [-0.05, 0) is 36.8 Å². The highest BCUT2D eigenvalue weighted by Gasteiger charge is 2.11. The lowest BCUT2D eigenvalue weighted by molar-refractivity contribution is 0.286. The Balaban J connectivity index is 1.85. The van der Waals surface area contributed by atoms with Crippen LogP contribution in [0.1, 0.15) is 12.1 Å². The van der Waals surface area contributed by atoms with E-state index in [4.69, 9.17) is 11.6 Å². The van der Waals surface area contributed by atoms with Crippen LogP contribution in [-0.2, 0) is 6.54 Å². The molecule has 0 unspecified atom stereocenters. The summed E-state index contributed by atoms with van der Waals surface area (Å²) in [5.74, 6) is -0.384. The largest absolute Gasteiger partial charge is 0.320 e. The highest BCUT2D eigenvalue weighted by molar-refractivity contribution is 6.30. The fourth-order valence-electron chi connectivity index (χ4n) is 2.49. The number of halogens is 2. The van der Waals surface area contributed by atoms with Crippen molar-refractivity contribution in [3.63, 3.8) is 0 Å². The summed E-state index contributed by atoms with van der Waals surface area (Å²) in [4.78, 5) is 2.39. The van der Waals surface area contributed by atoms with Gasteiger partial charge in [-0.15, -0.1) is 0 Å². The van der Waals surface area contributed by atoms with Crippen LogP contribution in [-0.4, -0.2) is 22.6 Å². The standard InChI is InChI=1S/C16H16ClFN2/c17-15-11-13(6-7-16(15)18)20-10-4-5-14(20)12-19-8-2-1-3-9-19/h1-2,4-7,10-11H,3,8-9,12H2. The molecule has 1 aromatic heterocycles. The number of hydrogen-bond acceptors (Lipinski definition) is 1. The molecule has 0 atom stereocenters. The smallest absolute Gasteiger partial charge is 0.141 e. The second kappa shape index (κ2) is 5.81. The first-order chi connectivity index (χ1) is 9.74. The van der Waals surface area contributed by atoms with Gasteiger partial charge in [-0.25, -0.2) is 4.39 Å². The van der Waals surface area contributed by atoms with Gasteiger partial charge >= 0.3 is 0 Å². The molecule has 2 aromatic rings. The lowest BCUT2D eigenvalue weighted by Crippen LogP contribution is -2.27.